The topological polar surface area (TPSA) is 77.1 Å². The van der Waals surface area contributed by atoms with E-state index in [0.717, 1.165) is 24.4 Å². The lowest BCUT2D eigenvalue weighted by atomic mass is 10.1. The molecule has 1 saturated carbocycles. The van der Waals surface area contributed by atoms with Crippen LogP contribution < -0.4 is 0 Å². The van der Waals surface area contributed by atoms with Crippen LogP contribution in [0, 0.1) is 6.92 Å². The zero-order chi connectivity index (χ0) is 17.3. The molecule has 8 heteroatoms. The van der Waals surface area contributed by atoms with Gasteiger partial charge >= 0.3 is 0 Å². The van der Waals surface area contributed by atoms with Gasteiger partial charge in [0.2, 0.25) is 11.1 Å². The number of carbonyl (C=O) groups excluding carboxylic acids is 1. The van der Waals surface area contributed by atoms with Crippen molar-refractivity contribution in [2.24, 2.45) is 0 Å². The van der Waals surface area contributed by atoms with Crippen LogP contribution in [0.4, 0.5) is 0 Å². The fourth-order valence-corrected chi connectivity index (χ4v) is 3.39. The molecule has 7 nitrogen and oxygen atoms in total. The second-order valence-corrected chi connectivity index (χ2v) is 8.04. The fourth-order valence-electron chi connectivity index (χ4n) is 2.44. The van der Waals surface area contributed by atoms with Gasteiger partial charge in [0.25, 0.3) is 0 Å². The Morgan fingerprint density at radius 1 is 1.42 bits per heavy atom. The molecule has 0 atom stereocenters. The number of hydrogen-bond donors (Lipinski definition) is 0. The third-order valence-electron chi connectivity index (χ3n) is 3.83. The molecule has 0 spiro atoms. The van der Waals surface area contributed by atoms with Crippen molar-refractivity contribution in [2.75, 3.05) is 5.75 Å². The normalized spacial score (nSPS) is 14.8. The molecule has 1 aliphatic carbocycles. The molecule has 1 aliphatic rings. The van der Waals surface area contributed by atoms with E-state index in [-0.39, 0.29) is 11.4 Å². The summed E-state index contributed by atoms with van der Waals surface area (Å²) in [5.41, 5.74) is -0.212. The van der Waals surface area contributed by atoms with Crippen molar-refractivity contribution >= 4 is 17.7 Å². The molecule has 0 N–H and O–H groups in total. The van der Waals surface area contributed by atoms with E-state index < -0.39 is 0 Å². The standard InChI is InChI=1S/C16H23N5O2S/c1-11-5-8-13(23-11)9-20(12-6-7-12)14(22)10-24-15-17-18-19-21(15)16(2,3)4/h5,8,12H,6-7,9-10H2,1-4H3. The third kappa shape index (κ3) is 3.98. The Balaban J connectivity index is 1.63. The molecule has 2 heterocycles. The number of aryl methyl sites for hydroxylation is 1. The van der Waals surface area contributed by atoms with Crippen LogP contribution in [0.15, 0.2) is 21.7 Å². The van der Waals surface area contributed by atoms with Gasteiger partial charge in [-0.15, -0.1) is 5.10 Å². The van der Waals surface area contributed by atoms with Crippen LogP contribution in [0.5, 0.6) is 0 Å². The van der Waals surface area contributed by atoms with E-state index in [1.54, 1.807) is 4.68 Å². The van der Waals surface area contributed by atoms with Gasteiger partial charge in [0.05, 0.1) is 17.8 Å². The molecule has 0 radical (unpaired) electrons. The minimum atomic E-state index is -0.212. The summed E-state index contributed by atoms with van der Waals surface area (Å²) >= 11 is 1.38. The average molecular weight is 349 g/mol. The van der Waals surface area contributed by atoms with Gasteiger partial charge in [-0.2, -0.15) is 0 Å². The van der Waals surface area contributed by atoms with E-state index in [2.05, 4.69) is 15.5 Å². The van der Waals surface area contributed by atoms with E-state index in [1.807, 2.05) is 44.7 Å². The summed E-state index contributed by atoms with van der Waals surface area (Å²) in [6, 6.07) is 4.20. The van der Waals surface area contributed by atoms with Gasteiger partial charge in [0.15, 0.2) is 0 Å². The highest BCUT2D eigenvalue weighted by Gasteiger charge is 2.33. The average Bonchev–Trinajstić information content (AvgIpc) is 3.07. The molecule has 0 saturated heterocycles. The SMILES string of the molecule is Cc1ccc(CN(C(=O)CSc2nnnn2C(C)(C)C)C2CC2)o1. The molecule has 0 aliphatic heterocycles. The monoisotopic (exact) mass is 349 g/mol. The summed E-state index contributed by atoms with van der Waals surface area (Å²) in [5, 5.41) is 12.5. The highest BCUT2D eigenvalue weighted by molar-refractivity contribution is 7.99. The first-order chi connectivity index (χ1) is 11.3. The van der Waals surface area contributed by atoms with Crippen LogP contribution >= 0.6 is 11.8 Å². The molecule has 130 valence electrons. The molecule has 0 aromatic carbocycles. The maximum Gasteiger partial charge on any atom is 0.233 e. The predicted molar refractivity (Wildman–Crippen MR) is 90.6 cm³/mol. The summed E-state index contributed by atoms with van der Waals surface area (Å²) < 4.78 is 7.37. The Hall–Kier alpha value is -1.83. The van der Waals surface area contributed by atoms with E-state index in [9.17, 15) is 4.79 Å². The van der Waals surface area contributed by atoms with E-state index in [4.69, 9.17) is 4.42 Å². The highest BCUT2D eigenvalue weighted by Crippen LogP contribution is 2.30. The maximum absolute atomic E-state index is 12.7. The second kappa shape index (κ2) is 6.58. The van der Waals surface area contributed by atoms with Crippen molar-refractivity contribution in [3.63, 3.8) is 0 Å². The summed E-state index contributed by atoms with van der Waals surface area (Å²) in [7, 11) is 0. The van der Waals surface area contributed by atoms with Crippen LogP contribution in [-0.2, 0) is 16.9 Å². The number of rotatable bonds is 6. The quantitative estimate of drug-likeness (QED) is 0.746. The number of tetrazole rings is 1. The van der Waals surface area contributed by atoms with E-state index in [1.165, 1.54) is 11.8 Å². The van der Waals surface area contributed by atoms with Crippen LogP contribution in [0.1, 0.15) is 45.1 Å². The first-order valence-electron chi connectivity index (χ1n) is 8.11. The predicted octanol–water partition coefficient (Wildman–Crippen LogP) is 2.61. The van der Waals surface area contributed by atoms with Crippen molar-refractivity contribution in [3.8, 4) is 0 Å². The van der Waals surface area contributed by atoms with Gasteiger partial charge in [0.1, 0.15) is 11.5 Å². The summed E-state index contributed by atoms with van der Waals surface area (Å²) in [4.78, 5) is 14.6. The van der Waals surface area contributed by atoms with E-state index in [0.29, 0.717) is 23.5 Å². The van der Waals surface area contributed by atoms with Crippen LogP contribution in [0.3, 0.4) is 0 Å². The second-order valence-electron chi connectivity index (χ2n) is 7.10. The molecular weight excluding hydrogens is 326 g/mol. The molecule has 3 rings (SSSR count). The summed E-state index contributed by atoms with van der Waals surface area (Å²) in [5.74, 6) is 2.12. The Morgan fingerprint density at radius 2 is 2.17 bits per heavy atom. The van der Waals surface area contributed by atoms with Gasteiger partial charge in [-0.25, -0.2) is 4.68 Å². The lowest BCUT2D eigenvalue weighted by Gasteiger charge is -2.22. The smallest absolute Gasteiger partial charge is 0.233 e. The lowest BCUT2D eigenvalue weighted by molar-refractivity contribution is -0.129. The Kier molecular flexibility index (Phi) is 4.67. The largest absolute Gasteiger partial charge is 0.464 e. The van der Waals surface area contributed by atoms with Gasteiger partial charge in [0, 0.05) is 6.04 Å². The van der Waals surface area contributed by atoms with Crippen molar-refractivity contribution in [2.45, 2.75) is 63.8 Å². The Morgan fingerprint density at radius 3 is 2.75 bits per heavy atom. The zero-order valence-corrected chi connectivity index (χ0v) is 15.3. The molecule has 24 heavy (non-hydrogen) atoms. The molecule has 1 fully saturated rings. The minimum absolute atomic E-state index is 0.0972. The van der Waals surface area contributed by atoms with Gasteiger partial charge in [-0.3, -0.25) is 4.79 Å². The molecule has 1 amide bonds. The number of hydrogen-bond acceptors (Lipinski definition) is 6. The number of carbonyl (C=O) groups is 1. The summed E-state index contributed by atoms with van der Waals surface area (Å²) in [6.45, 7) is 8.54. The van der Waals surface area contributed by atoms with Crippen LogP contribution in [0.2, 0.25) is 0 Å². The van der Waals surface area contributed by atoms with E-state index >= 15 is 0 Å². The highest BCUT2D eigenvalue weighted by atomic mass is 32.2. The molecular formula is C16H23N5O2S. The third-order valence-corrected chi connectivity index (χ3v) is 4.74. The molecule has 0 unspecified atom stereocenters. The number of amides is 1. The number of furan rings is 1. The number of thioether (sulfide) groups is 1. The fraction of sp³-hybridized carbons (Fsp3) is 0.625. The van der Waals surface area contributed by atoms with Crippen molar-refractivity contribution in [3.05, 3.63) is 23.7 Å². The maximum atomic E-state index is 12.7. The molecule has 0 bridgehead atoms. The Bertz CT molecular complexity index is 714. The van der Waals surface area contributed by atoms with Crippen molar-refractivity contribution in [1.29, 1.82) is 0 Å². The first kappa shape index (κ1) is 17.0. The van der Waals surface area contributed by atoms with Crippen molar-refractivity contribution in [1.82, 2.24) is 25.1 Å². The number of aromatic nitrogens is 4. The van der Waals surface area contributed by atoms with Crippen LogP contribution in [0.25, 0.3) is 0 Å². The van der Waals surface area contributed by atoms with Gasteiger partial charge in [-0.1, -0.05) is 11.8 Å². The van der Waals surface area contributed by atoms with Crippen LogP contribution in [-0.4, -0.2) is 42.8 Å². The Labute approximate surface area is 145 Å². The zero-order valence-electron chi connectivity index (χ0n) is 14.5. The molecule has 2 aromatic heterocycles. The minimum Gasteiger partial charge on any atom is -0.464 e. The van der Waals surface area contributed by atoms with Gasteiger partial charge < -0.3 is 9.32 Å². The number of nitrogens with zero attached hydrogens (tertiary/aromatic N) is 5. The first-order valence-corrected chi connectivity index (χ1v) is 9.09. The lowest BCUT2D eigenvalue weighted by Crippen LogP contribution is -2.34. The summed E-state index contributed by atoms with van der Waals surface area (Å²) in [6.07, 6.45) is 2.13. The molecule has 2 aromatic rings. The van der Waals surface area contributed by atoms with Crippen molar-refractivity contribution < 1.29 is 9.21 Å². The van der Waals surface area contributed by atoms with Gasteiger partial charge in [-0.05, 0) is 63.1 Å².